The van der Waals surface area contributed by atoms with E-state index in [9.17, 15) is 18.0 Å². The number of pyridine rings is 1. The monoisotopic (exact) mass is 448 g/mol. The first kappa shape index (κ1) is 22.8. The summed E-state index contributed by atoms with van der Waals surface area (Å²) in [6.45, 7) is 2.12. The number of alkyl halides is 3. The van der Waals surface area contributed by atoms with E-state index in [2.05, 4.69) is 10.3 Å². The van der Waals surface area contributed by atoms with Crippen molar-refractivity contribution in [2.45, 2.75) is 69.6 Å². The van der Waals surface area contributed by atoms with Crippen molar-refractivity contribution in [1.82, 2.24) is 10.3 Å². The van der Waals surface area contributed by atoms with Gasteiger partial charge >= 0.3 is 6.18 Å². The molecule has 2 atom stereocenters. The van der Waals surface area contributed by atoms with Gasteiger partial charge in [-0.15, -0.1) is 0 Å². The quantitative estimate of drug-likeness (QED) is 0.724. The minimum Gasteiger partial charge on any atom is -0.368 e. The lowest BCUT2D eigenvalue weighted by atomic mass is 9.80. The Kier molecular flexibility index (Phi) is 6.34. The molecule has 1 aromatic carbocycles. The van der Waals surface area contributed by atoms with Gasteiger partial charge in [0.2, 0.25) is 5.91 Å². The molecule has 0 radical (unpaired) electrons. The molecule has 2 aliphatic rings. The maximum atomic E-state index is 13.8. The average Bonchev–Trinajstić information content (AvgIpc) is 2.73. The van der Waals surface area contributed by atoms with Gasteiger partial charge in [-0.1, -0.05) is 25.3 Å². The summed E-state index contributed by atoms with van der Waals surface area (Å²) < 4.78 is 41.3. The number of carbonyl (C=O) groups excluding carboxylic acids is 1. The molecule has 174 valence electrons. The Labute approximate surface area is 186 Å². The van der Waals surface area contributed by atoms with Crippen molar-refractivity contribution < 1.29 is 18.0 Å². The minimum atomic E-state index is -4.33. The first-order valence-corrected chi connectivity index (χ1v) is 11.4. The lowest BCUT2D eigenvalue weighted by Crippen LogP contribution is -2.55. The van der Waals surface area contributed by atoms with E-state index in [1.165, 1.54) is 0 Å². The zero-order chi connectivity index (χ0) is 22.9. The van der Waals surface area contributed by atoms with E-state index in [1.807, 2.05) is 25.1 Å². The highest BCUT2D eigenvalue weighted by Gasteiger charge is 2.45. The number of nitrogens with two attached hydrogens (primary N) is 1. The number of halogens is 3. The molecule has 32 heavy (non-hydrogen) atoms. The molecule has 3 N–H and O–H groups in total. The molecule has 8 heteroatoms. The van der Waals surface area contributed by atoms with Crippen LogP contribution in [0.4, 0.5) is 18.9 Å². The van der Waals surface area contributed by atoms with E-state index < -0.39 is 23.7 Å². The molecule has 0 bridgehead atoms. The van der Waals surface area contributed by atoms with Crippen molar-refractivity contribution in [3.63, 3.8) is 0 Å². The standard InChI is InChI=1S/C24H31F3N4O/c1-16-7-8-20(19-6-5-11-29-22(16)19)31-14-17(24(25,26)27)12-18(15-31)30-21(32)13-23(28)9-3-2-4-10-23/h5-8,11,17-18H,2-4,9-10,12-15,28H2,1H3,(H,30,32). The number of hydrogen-bond donors (Lipinski definition) is 2. The molecule has 1 amide bonds. The molecule has 2 unspecified atom stereocenters. The van der Waals surface area contributed by atoms with E-state index in [1.54, 1.807) is 17.2 Å². The SMILES string of the molecule is Cc1ccc(N2CC(NC(=O)CC3(N)CCCCC3)CC(C(F)(F)F)C2)c2cccnc12. The molecule has 1 aromatic heterocycles. The third-order valence-corrected chi connectivity index (χ3v) is 6.93. The van der Waals surface area contributed by atoms with Crippen molar-refractivity contribution in [1.29, 1.82) is 0 Å². The van der Waals surface area contributed by atoms with Gasteiger partial charge in [-0.3, -0.25) is 9.78 Å². The molecule has 1 aliphatic carbocycles. The Morgan fingerprint density at radius 2 is 1.97 bits per heavy atom. The molecule has 1 saturated carbocycles. The lowest BCUT2D eigenvalue weighted by molar-refractivity contribution is -0.178. The third kappa shape index (κ3) is 5.00. The molecule has 4 rings (SSSR count). The summed E-state index contributed by atoms with van der Waals surface area (Å²) in [6.07, 6.45) is 2.06. The van der Waals surface area contributed by atoms with Crippen LogP contribution in [0.25, 0.3) is 10.9 Å². The molecule has 1 saturated heterocycles. The van der Waals surface area contributed by atoms with Crippen LogP contribution in [0.15, 0.2) is 30.5 Å². The highest BCUT2D eigenvalue weighted by molar-refractivity contribution is 5.93. The number of fused-ring (bicyclic) bond motifs is 1. The maximum Gasteiger partial charge on any atom is 0.393 e. The van der Waals surface area contributed by atoms with Crippen molar-refractivity contribution >= 4 is 22.5 Å². The fourth-order valence-electron chi connectivity index (χ4n) is 5.24. The number of amides is 1. The number of aryl methyl sites for hydroxylation is 1. The summed E-state index contributed by atoms with van der Waals surface area (Å²) in [5, 5.41) is 3.70. The third-order valence-electron chi connectivity index (χ3n) is 6.93. The predicted octanol–water partition coefficient (Wildman–Crippen LogP) is 4.47. The second-order valence-corrected chi connectivity index (χ2v) is 9.54. The number of nitrogens with zero attached hydrogens (tertiary/aromatic N) is 2. The van der Waals surface area contributed by atoms with Gasteiger partial charge in [0.15, 0.2) is 0 Å². The minimum absolute atomic E-state index is 0.120. The van der Waals surface area contributed by atoms with E-state index >= 15 is 0 Å². The van der Waals surface area contributed by atoms with E-state index in [4.69, 9.17) is 5.73 Å². The second-order valence-electron chi connectivity index (χ2n) is 9.54. The van der Waals surface area contributed by atoms with E-state index in [0.717, 1.165) is 54.3 Å². The van der Waals surface area contributed by atoms with Crippen molar-refractivity contribution in [2.75, 3.05) is 18.0 Å². The van der Waals surface area contributed by atoms with Crippen LogP contribution in [0, 0.1) is 12.8 Å². The Bertz CT molecular complexity index is 971. The number of hydrogen-bond acceptors (Lipinski definition) is 4. The van der Waals surface area contributed by atoms with Gasteiger partial charge in [-0.25, -0.2) is 0 Å². The number of anilines is 1. The zero-order valence-corrected chi connectivity index (χ0v) is 18.4. The van der Waals surface area contributed by atoms with Crippen LogP contribution in [0.3, 0.4) is 0 Å². The fourth-order valence-corrected chi connectivity index (χ4v) is 5.24. The fraction of sp³-hybridized carbons (Fsp3) is 0.583. The first-order valence-electron chi connectivity index (χ1n) is 11.4. The van der Waals surface area contributed by atoms with Gasteiger partial charge in [-0.2, -0.15) is 13.2 Å². The zero-order valence-electron chi connectivity index (χ0n) is 18.4. The lowest BCUT2D eigenvalue weighted by Gasteiger charge is -2.41. The molecule has 5 nitrogen and oxygen atoms in total. The predicted molar refractivity (Wildman–Crippen MR) is 119 cm³/mol. The van der Waals surface area contributed by atoms with Crippen LogP contribution < -0.4 is 16.0 Å². The Morgan fingerprint density at radius 1 is 1.22 bits per heavy atom. The summed E-state index contributed by atoms with van der Waals surface area (Å²) in [5.74, 6) is -1.77. The molecule has 2 fully saturated rings. The van der Waals surface area contributed by atoms with Crippen LogP contribution in [0.1, 0.15) is 50.5 Å². The van der Waals surface area contributed by atoms with Crippen molar-refractivity contribution in [2.24, 2.45) is 11.7 Å². The van der Waals surface area contributed by atoms with Crippen LogP contribution in [-0.2, 0) is 4.79 Å². The molecular formula is C24H31F3N4O. The molecular weight excluding hydrogens is 417 g/mol. The number of benzene rings is 1. The summed E-state index contributed by atoms with van der Waals surface area (Å²) >= 11 is 0. The normalized spacial score (nSPS) is 23.8. The topological polar surface area (TPSA) is 71.2 Å². The Balaban J connectivity index is 1.55. The summed E-state index contributed by atoms with van der Waals surface area (Å²) in [6, 6.07) is 6.82. The van der Waals surface area contributed by atoms with Gasteiger partial charge in [0, 0.05) is 48.4 Å². The number of carbonyl (C=O) groups is 1. The molecule has 0 spiro atoms. The Morgan fingerprint density at radius 3 is 2.69 bits per heavy atom. The average molecular weight is 449 g/mol. The van der Waals surface area contributed by atoms with Gasteiger partial charge < -0.3 is 16.0 Å². The number of aromatic nitrogens is 1. The van der Waals surface area contributed by atoms with E-state index in [-0.39, 0.29) is 25.3 Å². The molecule has 2 aromatic rings. The number of piperidine rings is 1. The van der Waals surface area contributed by atoms with Gasteiger partial charge in [0.1, 0.15) is 0 Å². The van der Waals surface area contributed by atoms with Crippen LogP contribution in [0.5, 0.6) is 0 Å². The molecule has 2 heterocycles. The van der Waals surface area contributed by atoms with Crippen molar-refractivity contribution in [3.8, 4) is 0 Å². The van der Waals surface area contributed by atoms with Gasteiger partial charge in [0.25, 0.3) is 0 Å². The first-order chi connectivity index (χ1) is 15.1. The van der Waals surface area contributed by atoms with Crippen LogP contribution in [0.2, 0.25) is 0 Å². The largest absolute Gasteiger partial charge is 0.393 e. The maximum absolute atomic E-state index is 13.8. The number of nitrogens with one attached hydrogen (secondary N) is 1. The second kappa shape index (κ2) is 8.89. The van der Waals surface area contributed by atoms with Crippen LogP contribution in [-0.4, -0.2) is 41.7 Å². The van der Waals surface area contributed by atoms with Gasteiger partial charge in [0.05, 0.1) is 11.4 Å². The van der Waals surface area contributed by atoms with E-state index in [0.29, 0.717) is 6.54 Å². The highest BCUT2D eigenvalue weighted by Crippen LogP contribution is 2.37. The smallest absolute Gasteiger partial charge is 0.368 e. The summed E-state index contributed by atoms with van der Waals surface area (Å²) in [5.41, 5.74) is 8.32. The highest BCUT2D eigenvalue weighted by atomic mass is 19.4. The van der Waals surface area contributed by atoms with Crippen LogP contribution >= 0.6 is 0 Å². The summed E-state index contributed by atoms with van der Waals surface area (Å²) in [7, 11) is 0. The summed E-state index contributed by atoms with van der Waals surface area (Å²) in [4.78, 5) is 18.9. The number of rotatable bonds is 4. The van der Waals surface area contributed by atoms with Gasteiger partial charge in [-0.05, 0) is 49.9 Å². The Hall–Kier alpha value is -2.35. The van der Waals surface area contributed by atoms with Crippen molar-refractivity contribution in [3.05, 3.63) is 36.0 Å². The molecule has 1 aliphatic heterocycles.